The van der Waals surface area contributed by atoms with Crippen molar-refractivity contribution in [2.24, 2.45) is 0 Å². The van der Waals surface area contributed by atoms with Crippen LogP contribution in [0.4, 0.5) is 0 Å². The van der Waals surface area contributed by atoms with Crippen molar-refractivity contribution in [1.82, 2.24) is 10.2 Å². The van der Waals surface area contributed by atoms with E-state index < -0.39 is 0 Å². The van der Waals surface area contributed by atoms with Gasteiger partial charge in [0, 0.05) is 48.6 Å². The highest BCUT2D eigenvalue weighted by Crippen LogP contribution is 2.19. The molecule has 0 atom stereocenters. The van der Waals surface area contributed by atoms with Gasteiger partial charge in [-0.2, -0.15) is 0 Å². The van der Waals surface area contributed by atoms with Gasteiger partial charge in [-0.1, -0.05) is 13.8 Å². The van der Waals surface area contributed by atoms with Crippen LogP contribution < -0.4 is 5.32 Å². The summed E-state index contributed by atoms with van der Waals surface area (Å²) in [7, 11) is 1.76. The molecule has 0 saturated carbocycles. The van der Waals surface area contributed by atoms with E-state index in [4.69, 9.17) is 4.74 Å². The molecule has 3 nitrogen and oxygen atoms in total. The number of methoxy groups -OCH3 is 1. The van der Waals surface area contributed by atoms with Crippen LogP contribution in [0.5, 0.6) is 0 Å². The maximum Gasteiger partial charge on any atom is 0.0589 e. The van der Waals surface area contributed by atoms with Gasteiger partial charge in [0.05, 0.1) is 6.61 Å². The first-order valence-electron chi connectivity index (χ1n) is 7.07. The second kappa shape index (κ2) is 8.69. The van der Waals surface area contributed by atoms with Gasteiger partial charge in [-0.05, 0) is 26.0 Å². The van der Waals surface area contributed by atoms with Crippen molar-refractivity contribution in [3.8, 4) is 0 Å². The average Bonchev–Trinajstić information content (AvgIpc) is 2.79. The Kier molecular flexibility index (Phi) is 7.61. The number of thiophene rings is 1. The molecule has 19 heavy (non-hydrogen) atoms. The Morgan fingerprint density at radius 3 is 2.47 bits per heavy atom. The van der Waals surface area contributed by atoms with Crippen molar-refractivity contribution in [3.05, 3.63) is 21.9 Å². The molecule has 1 aromatic heterocycles. The van der Waals surface area contributed by atoms with Crippen LogP contribution in [0.2, 0.25) is 0 Å². The molecule has 0 aromatic carbocycles. The summed E-state index contributed by atoms with van der Waals surface area (Å²) in [6.07, 6.45) is 0. The van der Waals surface area contributed by atoms with Gasteiger partial charge in [0.25, 0.3) is 0 Å². The summed E-state index contributed by atoms with van der Waals surface area (Å²) in [6, 6.07) is 5.59. The number of hydrogen-bond donors (Lipinski definition) is 1. The van der Waals surface area contributed by atoms with E-state index >= 15 is 0 Å². The lowest BCUT2D eigenvalue weighted by molar-refractivity contribution is 0.125. The molecule has 4 heteroatoms. The highest BCUT2D eigenvalue weighted by atomic mass is 32.1. The van der Waals surface area contributed by atoms with Crippen molar-refractivity contribution in [2.45, 2.75) is 52.9 Å². The third-order valence-corrected chi connectivity index (χ3v) is 4.14. The summed E-state index contributed by atoms with van der Waals surface area (Å²) in [5, 5.41) is 3.46. The first kappa shape index (κ1) is 16.6. The fraction of sp³-hybridized carbons (Fsp3) is 0.733. The predicted octanol–water partition coefficient (Wildman–Crippen LogP) is 3.10. The third-order valence-electron chi connectivity index (χ3n) is 3.07. The van der Waals surface area contributed by atoms with Crippen molar-refractivity contribution in [1.29, 1.82) is 0 Å². The average molecular weight is 284 g/mol. The Balaban J connectivity index is 2.50. The quantitative estimate of drug-likeness (QED) is 0.754. The summed E-state index contributed by atoms with van der Waals surface area (Å²) >= 11 is 1.91. The second-order valence-corrected chi connectivity index (χ2v) is 6.71. The maximum atomic E-state index is 5.18. The van der Waals surface area contributed by atoms with E-state index in [0.29, 0.717) is 12.1 Å². The molecular formula is C15H28N2OS. The van der Waals surface area contributed by atoms with E-state index in [-0.39, 0.29) is 0 Å². The van der Waals surface area contributed by atoms with Gasteiger partial charge in [-0.15, -0.1) is 11.3 Å². The van der Waals surface area contributed by atoms with Gasteiger partial charge < -0.3 is 10.1 Å². The van der Waals surface area contributed by atoms with Crippen LogP contribution in [0.3, 0.4) is 0 Å². The van der Waals surface area contributed by atoms with Crippen LogP contribution in [0.25, 0.3) is 0 Å². The molecule has 0 fully saturated rings. The number of nitrogens with one attached hydrogen (secondary N) is 1. The second-order valence-electron chi connectivity index (χ2n) is 5.46. The molecule has 0 saturated heterocycles. The minimum absolute atomic E-state index is 0.541. The first-order chi connectivity index (χ1) is 9.02. The molecule has 0 aliphatic carbocycles. The summed E-state index contributed by atoms with van der Waals surface area (Å²) < 4.78 is 5.18. The van der Waals surface area contributed by atoms with Crippen LogP contribution >= 0.6 is 11.3 Å². The number of ether oxygens (including phenoxy) is 1. The van der Waals surface area contributed by atoms with Gasteiger partial charge in [0.2, 0.25) is 0 Å². The van der Waals surface area contributed by atoms with E-state index in [1.54, 1.807) is 7.11 Å². The molecule has 0 aliphatic heterocycles. The molecule has 0 amide bonds. The zero-order valence-electron chi connectivity index (χ0n) is 12.9. The normalized spacial score (nSPS) is 12.0. The SMILES string of the molecule is COCCN(Cc1ccc(CNC(C)C)s1)C(C)C. The molecule has 0 bridgehead atoms. The molecule has 0 aliphatic rings. The first-order valence-corrected chi connectivity index (χ1v) is 7.88. The van der Waals surface area contributed by atoms with Crippen LogP contribution in [-0.2, 0) is 17.8 Å². The molecule has 0 spiro atoms. The van der Waals surface area contributed by atoms with E-state index in [1.807, 2.05) is 11.3 Å². The lowest BCUT2D eigenvalue weighted by Gasteiger charge is -2.25. The Morgan fingerprint density at radius 2 is 1.89 bits per heavy atom. The van der Waals surface area contributed by atoms with Gasteiger partial charge in [0.15, 0.2) is 0 Å². The van der Waals surface area contributed by atoms with Crippen molar-refractivity contribution >= 4 is 11.3 Å². The Bertz CT molecular complexity index is 350. The molecule has 0 unspecified atom stereocenters. The zero-order valence-corrected chi connectivity index (χ0v) is 13.7. The molecular weight excluding hydrogens is 256 g/mol. The minimum atomic E-state index is 0.541. The molecule has 0 radical (unpaired) electrons. The van der Waals surface area contributed by atoms with Gasteiger partial charge in [-0.25, -0.2) is 0 Å². The largest absolute Gasteiger partial charge is 0.383 e. The fourth-order valence-corrected chi connectivity index (χ4v) is 2.83. The zero-order chi connectivity index (χ0) is 14.3. The van der Waals surface area contributed by atoms with Crippen LogP contribution in [0, 0.1) is 0 Å². The van der Waals surface area contributed by atoms with Gasteiger partial charge in [0.1, 0.15) is 0 Å². The standard InChI is InChI=1S/C15H28N2OS/c1-12(2)16-10-14-6-7-15(19-14)11-17(13(3)4)8-9-18-5/h6-7,12-13,16H,8-11H2,1-5H3. The predicted molar refractivity (Wildman–Crippen MR) is 83.7 cm³/mol. The van der Waals surface area contributed by atoms with Crippen molar-refractivity contribution < 1.29 is 4.74 Å². The summed E-state index contributed by atoms with van der Waals surface area (Å²) in [4.78, 5) is 5.30. The Labute approximate surface area is 122 Å². The maximum absolute atomic E-state index is 5.18. The van der Waals surface area contributed by atoms with Crippen molar-refractivity contribution in [2.75, 3.05) is 20.3 Å². The fourth-order valence-electron chi connectivity index (χ4n) is 1.84. The number of nitrogens with zero attached hydrogens (tertiary/aromatic N) is 1. The Morgan fingerprint density at radius 1 is 1.21 bits per heavy atom. The minimum Gasteiger partial charge on any atom is -0.383 e. The highest BCUT2D eigenvalue weighted by molar-refractivity contribution is 7.11. The smallest absolute Gasteiger partial charge is 0.0589 e. The van der Waals surface area contributed by atoms with Crippen LogP contribution in [0.15, 0.2) is 12.1 Å². The molecule has 1 aromatic rings. The van der Waals surface area contributed by atoms with Gasteiger partial charge in [-0.3, -0.25) is 4.90 Å². The lowest BCUT2D eigenvalue weighted by atomic mass is 10.3. The summed E-state index contributed by atoms with van der Waals surface area (Å²) in [5.41, 5.74) is 0. The molecule has 1 N–H and O–H groups in total. The monoisotopic (exact) mass is 284 g/mol. The van der Waals surface area contributed by atoms with E-state index in [2.05, 4.69) is 50.0 Å². The van der Waals surface area contributed by atoms with Crippen LogP contribution in [-0.4, -0.2) is 37.2 Å². The van der Waals surface area contributed by atoms with E-state index in [0.717, 1.165) is 26.2 Å². The third kappa shape index (κ3) is 6.52. The van der Waals surface area contributed by atoms with E-state index in [1.165, 1.54) is 9.75 Å². The molecule has 1 heterocycles. The molecule has 1 rings (SSSR count). The van der Waals surface area contributed by atoms with E-state index in [9.17, 15) is 0 Å². The summed E-state index contributed by atoms with van der Waals surface area (Å²) in [5.74, 6) is 0. The van der Waals surface area contributed by atoms with Gasteiger partial charge >= 0.3 is 0 Å². The number of rotatable bonds is 9. The Hall–Kier alpha value is -0.420. The van der Waals surface area contributed by atoms with Crippen LogP contribution in [0.1, 0.15) is 37.4 Å². The highest BCUT2D eigenvalue weighted by Gasteiger charge is 2.11. The van der Waals surface area contributed by atoms with Crippen molar-refractivity contribution in [3.63, 3.8) is 0 Å². The lowest BCUT2D eigenvalue weighted by Crippen LogP contribution is -2.32. The summed E-state index contributed by atoms with van der Waals surface area (Å²) in [6.45, 7) is 12.6. The molecule has 110 valence electrons. The topological polar surface area (TPSA) is 24.5 Å². The number of hydrogen-bond acceptors (Lipinski definition) is 4.